The third kappa shape index (κ3) is 2.67. The van der Waals surface area contributed by atoms with Crippen molar-refractivity contribution in [1.82, 2.24) is 0 Å². The van der Waals surface area contributed by atoms with Crippen LogP contribution in [-0.2, 0) is 0 Å². The average molecular weight is 227 g/mol. The predicted octanol–water partition coefficient (Wildman–Crippen LogP) is 4.07. The molecular formula is C16H21N. The van der Waals surface area contributed by atoms with E-state index in [2.05, 4.69) is 49.4 Å². The van der Waals surface area contributed by atoms with E-state index in [1.165, 1.54) is 35.6 Å². The normalized spacial score (nSPS) is 12.8. The van der Waals surface area contributed by atoms with Gasteiger partial charge in [-0.25, -0.2) is 0 Å². The van der Waals surface area contributed by atoms with Crippen LogP contribution in [0.2, 0.25) is 0 Å². The van der Waals surface area contributed by atoms with Crippen LogP contribution >= 0.6 is 0 Å². The number of nitrogens with two attached hydrogens (primary N) is 1. The maximum absolute atomic E-state index is 5.94. The Kier molecular flexibility index (Phi) is 4.16. The molecule has 0 saturated carbocycles. The largest absolute Gasteiger partial charge is 0.330 e. The second-order valence-corrected chi connectivity index (χ2v) is 4.64. The summed E-state index contributed by atoms with van der Waals surface area (Å²) < 4.78 is 0. The standard InChI is InChI=1S/C16H21N/c1-2-3-7-14(12-17)16-11-6-9-13-8-4-5-10-15(13)16/h4-6,8-11,14H,2-3,7,12,17H2,1H3/t14-/m1/s1. The van der Waals surface area contributed by atoms with Crippen molar-refractivity contribution in [3.05, 3.63) is 48.0 Å². The zero-order chi connectivity index (χ0) is 12.1. The first-order valence-electron chi connectivity index (χ1n) is 6.54. The zero-order valence-corrected chi connectivity index (χ0v) is 10.5. The van der Waals surface area contributed by atoms with Crippen LogP contribution < -0.4 is 5.73 Å². The number of benzene rings is 2. The molecule has 2 aromatic rings. The Morgan fingerprint density at radius 2 is 1.82 bits per heavy atom. The van der Waals surface area contributed by atoms with Gasteiger partial charge in [-0.3, -0.25) is 0 Å². The van der Waals surface area contributed by atoms with Gasteiger partial charge in [0.15, 0.2) is 0 Å². The minimum atomic E-state index is 0.501. The molecule has 0 amide bonds. The number of fused-ring (bicyclic) bond motifs is 1. The second kappa shape index (κ2) is 5.83. The summed E-state index contributed by atoms with van der Waals surface area (Å²) in [7, 11) is 0. The molecular weight excluding hydrogens is 206 g/mol. The molecule has 2 N–H and O–H groups in total. The first-order chi connectivity index (χ1) is 8.36. The van der Waals surface area contributed by atoms with E-state index in [0.717, 1.165) is 6.54 Å². The molecule has 90 valence electrons. The van der Waals surface area contributed by atoms with Gasteiger partial charge in [0.25, 0.3) is 0 Å². The molecule has 1 nitrogen and oxygen atoms in total. The summed E-state index contributed by atoms with van der Waals surface area (Å²) in [6.07, 6.45) is 3.69. The van der Waals surface area contributed by atoms with Crippen molar-refractivity contribution in [2.45, 2.75) is 32.1 Å². The number of hydrogen-bond acceptors (Lipinski definition) is 1. The minimum absolute atomic E-state index is 0.501. The van der Waals surface area contributed by atoms with Gasteiger partial charge < -0.3 is 5.73 Å². The van der Waals surface area contributed by atoms with E-state index in [-0.39, 0.29) is 0 Å². The van der Waals surface area contributed by atoms with Gasteiger partial charge in [0.2, 0.25) is 0 Å². The summed E-state index contributed by atoms with van der Waals surface area (Å²) in [6.45, 7) is 2.98. The van der Waals surface area contributed by atoms with Gasteiger partial charge in [0.05, 0.1) is 0 Å². The molecule has 2 rings (SSSR count). The molecule has 0 unspecified atom stereocenters. The SMILES string of the molecule is CCCC[C@H](CN)c1cccc2ccccc12. The van der Waals surface area contributed by atoms with E-state index in [9.17, 15) is 0 Å². The lowest BCUT2D eigenvalue weighted by atomic mass is 9.90. The molecule has 0 aliphatic rings. The van der Waals surface area contributed by atoms with Crippen molar-refractivity contribution in [1.29, 1.82) is 0 Å². The van der Waals surface area contributed by atoms with Gasteiger partial charge in [0.1, 0.15) is 0 Å². The number of rotatable bonds is 5. The first kappa shape index (κ1) is 12.1. The van der Waals surface area contributed by atoms with Crippen LogP contribution in [-0.4, -0.2) is 6.54 Å². The maximum Gasteiger partial charge on any atom is -0.000801 e. The van der Waals surface area contributed by atoms with Crippen molar-refractivity contribution in [3.8, 4) is 0 Å². The third-order valence-electron chi connectivity index (χ3n) is 3.45. The Morgan fingerprint density at radius 1 is 1.06 bits per heavy atom. The van der Waals surface area contributed by atoms with Gasteiger partial charge >= 0.3 is 0 Å². The summed E-state index contributed by atoms with van der Waals surface area (Å²) in [5, 5.41) is 2.68. The van der Waals surface area contributed by atoms with Crippen LogP contribution in [0.1, 0.15) is 37.7 Å². The molecule has 17 heavy (non-hydrogen) atoms. The predicted molar refractivity (Wildman–Crippen MR) is 75.3 cm³/mol. The van der Waals surface area contributed by atoms with Crippen LogP contribution in [0, 0.1) is 0 Å². The van der Waals surface area contributed by atoms with Gasteiger partial charge in [-0.1, -0.05) is 62.2 Å². The molecule has 1 heteroatoms. The van der Waals surface area contributed by atoms with E-state index in [1.807, 2.05) is 0 Å². The fraction of sp³-hybridized carbons (Fsp3) is 0.375. The molecule has 0 fully saturated rings. The van der Waals surface area contributed by atoms with E-state index in [1.54, 1.807) is 0 Å². The average Bonchev–Trinajstić information content (AvgIpc) is 2.40. The molecule has 1 atom stereocenters. The molecule has 0 aromatic heterocycles. The Labute approximate surface area is 104 Å². The van der Waals surface area contributed by atoms with Crippen LogP contribution in [0.15, 0.2) is 42.5 Å². The van der Waals surface area contributed by atoms with Crippen molar-refractivity contribution >= 4 is 10.8 Å². The van der Waals surface area contributed by atoms with Gasteiger partial charge in [-0.05, 0) is 35.2 Å². The van der Waals surface area contributed by atoms with Crippen LogP contribution in [0.4, 0.5) is 0 Å². The second-order valence-electron chi connectivity index (χ2n) is 4.64. The summed E-state index contributed by atoms with van der Waals surface area (Å²) in [6, 6.07) is 15.1. The maximum atomic E-state index is 5.94. The molecule has 2 aromatic carbocycles. The fourth-order valence-electron chi connectivity index (χ4n) is 2.46. The van der Waals surface area contributed by atoms with E-state index >= 15 is 0 Å². The first-order valence-corrected chi connectivity index (χ1v) is 6.54. The summed E-state index contributed by atoms with van der Waals surface area (Å²) in [5.74, 6) is 0.501. The molecule has 0 saturated heterocycles. The van der Waals surface area contributed by atoms with Gasteiger partial charge in [0, 0.05) is 0 Å². The highest BCUT2D eigenvalue weighted by molar-refractivity contribution is 5.86. The highest BCUT2D eigenvalue weighted by atomic mass is 14.5. The fourth-order valence-corrected chi connectivity index (χ4v) is 2.46. The smallest absolute Gasteiger partial charge is 0.000801 e. The summed E-state index contributed by atoms with van der Waals surface area (Å²) in [5.41, 5.74) is 7.35. The molecule has 0 aliphatic carbocycles. The van der Waals surface area contributed by atoms with Gasteiger partial charge in [-0.15, -0.1) is 0 Å². The lowest BCUT2D eigenvalue weighted by Crippen LogP contribution is -2.12. The van der Waals surface area contributed by atoms with Crippen molar-refractivity contribution in [3.63, 3.8) is 0 Å². The van der Waals surface area contributed by atoms with Crippen LogP contribution in [0.25, 0.3) is 10.8 Å². The Bertz CT molecular complexity index is 470. The Balaban J connectivity index is 2.38. The quantitative estimate of drug-likeness (QED) is 0.818. The van der Waals surface area contributed by atoms with Gasteiger partial charge in [-0.2, -0.15) is 0 Å². The van der Waals surface area contributed by atoms with E-state index < -0.39 is 0 Å². The number of unbranched alkanes of at least 4 members (excludes halogenated alkanes) is 1. The number of hydrogen-bond donors (Lipinski definition) is 1. The van der Waals surface area contributed by atoms with Crippen molar-refractivity contribution in [2.24, 2.45) is 5.73 Å². The van der Waals surface area contributed by atoms with Crippen LogP contribution in [0.3, 0.4) is 0 Å². The van der Waals surface area contributed by atoms with Crippen molar-refractivity contribution in [2.75, 3.05) is 6.54 Å². The minimum Gasteiger partial charge on any atom is -0.330 e. The Morgan fingerprint density at radius 3 is 2.59 bits per heavy atom. The topological polar surface area (TPSA) is 26.0 Å². The highest BCUT2D eigenvalue weighted by Gasteiger charge is 2.11. The third-order valence-corrected chi connectivity index (χ3v) is 3.45. The van der Waals surface area contributed by atoms with E-state index in [0.29, 0.717) is 5.92 Å². The monoisotopic (exact) mass is 227 g/mol. The highest BCUT2D eigenvalue weighted by Crippen LogP contribution is 2.28. The molecule has 0 bridgehead atoms. The summed E-state index contributed by atoms with van der Waals surface area (Å²) >= 11 is 0. The zero-order valence-electron chi connectivity index (χ0n) is 10.5. The molecule has 0 aliphatic heterocycles. The van der Waals surface area contributed by atoms with Crippen molar-refractivity contribution < 1.29 is 0 Å². The molecule has 0 spiro atoms. The Hall–Kier alpha value is -1.34. The lowest BCUT2D eigenvalue weighted by molar-refractivity contribution is 0.595. The van der Waals surface area contributed by atoms with Crippen LogP contribution in [0.5, 0.6) is 0 Å². The molecule has 0 radical (unpaired) electrons. The summed E-state index contributed by atoms with van der Waals surface area (Å²) in [4.78, 5) is 0. The van der Waals surface area contributed by atoms with E-state index in [4.69, 9.17) is 5.73 Å². The molecule has 0 heterocycles. The lowest BCUT2D eigenvalue weighted by Gasteiger charge is -2.17.